The zero-order valence-electron chi connectivity index (χ0n) is 11.5. The molecule has 4 nitrogen and oxygen atoms in total. The molecule has 1 aromatic rings. The first kappa shape index (κ1) is 13.6. The molecular formula is C15H20N2O2. The average molecular weight is 260 g/mol. The Labute approximate surface area is 113 Å². The van der Waals surface area contributed by atoms with E-state index in [1.54, 1.807) is 4.90 Å². The number of nitrogens with zero attached hydrogens (tertiary/aromatic N) is 1. The number of amides is 2. The summed E-state index contributed by atoms with van der Waals surface area (Å²) in [6.07, 6.45) is 1.43. The van der Waals surface area contributed by atoms with Crippen LogP contribution in [0.3, 0.4) is 0 Å². The van der Waals surface area contributed by atoms with Crippen LogP contribution in [0, 0.1) is 6.92 Å². The molecule has 102 valence electrons. The van der Waals surface area contributed by atoms with Gasteiger partial charge in [-0.05, 0) is 25.3 Å². The Balaban J connectivity index is 1.98. The summed E-state index contributed by atoms with van der Waals surface area (Å²) in [5.74, 6) is -0.0227. The van der Waals surface area contributed by atoms with Gasteiger partial charge in [0.15, 0.2) is 0 Å². The lowest BCUT2D eigenvalue weighted by molar-refractivity contribution is -0.144. The van der Waals surface area contributed by atoms with Crippen LogP contribution < -0.4 is 5.32 Å². The third-order valence-electron chi connectivity index (χ3n) is 3.44. The summed E-state index contributed by atoms with van der Waals surface area (Å²) in [7, 11) is 0. The number of nitrogens with one attached hydrogen (secondary N) is 1. The number of carbonyl (C=O) groups excluding carboxylic acids is 2. The van der Waals surface area contributed by atoms with Gasteiger partial charge in [-0.25, -0.2) is 0 Å². The van der Waals surface area contributed by atoms with Gasteiger partial charge in [0.05, 0.1) is 6.54 Å². The first-order valence-electron chi connectivity index (χ1n) is 6.74. The zero-order chi connectivity index (χ0) is 13.8. The van der Waals surface area contributed by atoms with Crippen LogP contribution in [-0.2, 0) is 16.0 Å². The first-order valence-corrected chi connectivity index (χ1v) is 6.74. The Morgan fingerprint density at radius 2 is 2.16 bits per heavy atom. The quantitative estimate of drug-likeness (QED) is 0.886. The molecule has 0 bridgehead atoms. The van der Waals surface area contributed by atoms with Crippen molar-refractivity contribution in [3.63, 3.8) is 0 Å². The summed E-state index contributed by atoms with van der Waals surface area (Å²) in [5, 5.41) is 2.72. The molecule has 0 aromatic heterocycles. The molecule has 1 N–H and O–H groups in total. The van der Waals surface area contributed by atoms with E-state index in [1.807, 2.05) is 13.0 Å². The molecule has 2 amide bonds. The Kier molecular flexibility index (Phi) is 4.20. The molecule has 0 saturated carbocycles. The Hall–Kier alpha value is -1.84. The van der Waals surface area contributed by atoms with Crippen molar-refractivity contribution in [2.75, 3.05) is 13.1 Å². The molecule has 19 heavy (non-hydrogen) atoms. The van der Waals surface area contributed by atoms with Crippen molar-refractivity contribution in [2.45, 2.75) is 32.7 Å². The molecule has 1 fully saturated rings. The minimum Gasteiger partial charge on any atom is -0.343 e. The van der Waals surface area contributed by atoms with Gasteiger partial charge in [0.2, 0.25) is 11.8 Å². The van der Waals surface area contributed by atoms with E-state index >= 15 is 0 Å². The van der Waals surface area contributed by atoms with E-state index in [4.69, 9.17) is 0 Å². The minimum atomic E-state index is -0.348. The largest absolute Gasteiger partial charge is 0.343 e. The van der Waals surface area contributed by atoms with E-state index in [0.717, 1.165) is 6.42 Å². The van der Waals surface area contributed by atoms with Crippen LogP contribution in [0.5, 0.6) is 0 Å². The first-order chi connectivity index (χ1) is 9.10. The second-order valence-electron chi connectivity index (χ2n) is 5.03. The second kappa shape index (κ2) is 5.87. The molecule has 0 radical (unpaired) electrons. The topological polar surface area (TPSA) is 49.4 Å². The molecule has 0 aliphatic carbocycles. The normalized spacial score (nSPS) is 19.5. The summed E-state index contributed by atoms with van der Waals surface area (Å²) in [5.41, 5.74) is 2.42. The fourth-order valence-electron chi connectivity index (χ4n) is 2.37. The highest BCUT2D eigenvalue weighted by atomic mass is 16.2. The molecular weight excluding hydrogens is 240 g/mol. The van der Waals surface area contributed by atoms with Crippen molar-refractivity contribution in [3.8, 4) is 0 Å². The number of hydrogen-bond donors (Lipinski definition) is 1. The van der Waals surface area contributed by atoms with Crippen LogP contribution in [0.15, 0.2) is 24.3 Å². The summed E-state index contributed by atoms with van der Waals surface area (Å²) >= 11 is 0. The highest BCUT2D eigenvalue weighted by molar-refractivity contribution is 5.94. The van der Waals surface area contributed by atoms with Crippen molar-refractivity contribution in [2.24, 2.45) is 0 Å². The molecule has 1 saturated heterocycles. The van der Waals surface area contributed by atoms with Gasteiger partial charge in [-0.15, -0.1) is 0 Å². The standard InChI is InChI=1S/C15H20N2O2/c1-3-13-15(19)17(10-14(18)16-13)8-7-12-6-4-5-11(2)9-12/h4-6,9,13H,3,7-8,10H2,1-2H3,(H,16,18). The summed E-state index contributed by atoms with van der Waals surface area (Å²) in [6.45, 7) is 4.75. The smallest absolute Gasteiger partial charge is 0.245 e. The van der Waals surface area contributed by atoms with Crippen molar-refractivity contribution >= 4 is 11.8 Å². The maximum absolute atomic E-state index is 12.1. The van der Waals surface area contributed by atoms with Crippen molar-refractivity contribution in [3.05, 3.63) is 35.4 Å². The third kappa shape index (κ3) is 3.34. The highest BCUT2D eigenvalue weighted by Gasteiger charge is 2.30. The maximum Gasteiger partial charge on any atom is 0.245 e. The predicted octanol–water partition coefficient (Wildman–Crippen LogP) is 1.27. The fourth-order valence-corrected chi connectivity index (χ4v) is 2.37. The average Bonchev–Trinajstić information content (AvgIpc) is 2.39. The number of rotatable bonds is 4. The molecule has 1 aliphatic rings. The SMILES string of the molecule is CCC1NC(=O)CN(CCc2cccc(C)c2)C1=O. The van der Waals surface area contributed by atoms with Crippen LogP contribution in [-0.4, -0.2) is 35.8 Å². The molecule has 4 heteroatoms. The summed E-state index contributed by atoms with van der Waals surface area (Å²) in [4.78, 5) is 25.3. The Morgan fingerprint density at radius 1 is 1.37 bits per heavy atom. The van der Waals surface area contributed by atoms with Gasteiger partial charge in [-0.2, -0.15) is 0 Å². The van der Waals surface area contributed by atoms with Gasteiger partial charge < -0.3 is 10.2 Å². The lowest BCUT2D eigenvalue weighted by atomic mass is 10.1. The van der Waals surface area contributed by atoms with E-state index in [2.05, 4.69) is 30.4 Å². The monoisotopic (exact) mass is 260 g/mol. The lowest BCUT2D eigenvalue weighted by Gasteiger charge is -2.32. The van der Waals surface area contributed by atoms with E-state index in [9.17, 15) is 9.59 Å². The van der Waals surface area contributed by atoms with Gasteiger partial charge >= 0.3 is 0 Å². The number of hydrogen-bond acceptors (Lipinski definition) is 2. The zero-order valence-corrected chi connectivity index (χ0v) is 11.5. The molecule has 1 unspecified atom stereocenters. The van der Waals surface area contributed by atoms with Gasteiger partial charge in [0.25, 0.3) is 0 Å². The van der Waals surface area contributed by atoms with Gasteiger partial charge in [0.1, 0.15) is 6.04 Å². The molecule has 1 aliphatic heterocycles. The number of aryl methyl sites for hydroxylation is 1. The van der Waals surface area contributed by atoms with Gasteiger partial charge in [0, 0.05) is 6.54 Å². The fraction of sp³-hybridized carbons (Fsp3) is 0.467. The molecule has 1 aromatic carbocycles. The highest BCUT2D eigenvalue weighted by Crippen LogP contribution is 2.09. The number of carbonyl (C=O) groups is 2. The van der Waals surface area contributed by atoms with Gasteiger partial charge in [-0.1, -0.05) is 36.8 Å². The number of benzene rings is 1. The third-order valence-corrected chi connectivity index (χ3v) is 3.44. The van der Waals surface area contributed by atoms with Crippen molar-refractivity contribution in [1.82, 2.24) is 10.2 Å². The van der Waals surface area contributed by atoms with Crippen LogP contribution in [0.2, 0.25) is 0 Å². The molecule has 0 spiro atoms. The Morgan fingerprint density at radius 3 is 2.84 bits per heavy atom. The van der Waals surface area contributed by atoms with Crippen LogP contribution in [0.1, 0.15) is 24.5 Å². The van der Waals surface area contributed by atoms with E-state index in [-0.39, 0.29) is 24.4 Å². The number of piperazine rings is 1. The second-order valence-corrected chi connectivity index (χ2v) is 5.03. The maximum atomic E-state index is 12.1. The van der Waals surface area contributed by atoms with Gasteiger partial charge in [-0.3, -0.25) is 9.59 Å². The lowest BCUT2D eigenvalue weighted by Crippen LogP contribution is -2.58. The molecule has 2 rings (SSSR count). The summed E-state index contributed by atoms with van der Waals surface area (Å²) < 4.78 is 0. The van der Waals surface area contributed by atoms with Crippen LogP contribution >= 0.6 is 0 Å². The van der Waals surface area contributed by atoms with E-state index < -0.39 is 0 Å². The van der Waals surface area contributed by atoms with Crippen LogP contribution in [0.25, 0.3) is 0 Å². The van der Waals surface area contributed by atoms with Crippen LogP contribution in [0.4, 0.5) is 0 Å². The summed E-state index contributed by atoms with van der Waals surface area (Å²) in [6, 6.07) is 7.89. The predicted molar refractivity (Wildman–Crippen MR) is 73.7 cm³/mol. The van der Waals surface area contributed by atoms with Crippen molar-refractivity contribution < 1.29 is 9.59 Å². The molecule has 1 heterocycles. The molecule has 1 atom stereocenters. The van der Waals surface area contributed by atoms with E-state index in [1.165, 1.54) is 11.1 Å². The van der Waals surface area contributed by atoms with E-state index in [0.29, 0.717) is 13.0 Å². The van der Waals surface area contributed by atoms with Crippen molar-refractivity contribution in [1.29, 1.82) is 0 Å². The minimum absolute atomic E-state index is 0.0368. The Bertz CT molecular complexity index is 485.